The normalized spacial score (nSPS) is 19.3. The van der Waals surface area contributed by atoms with Gasteiger partial charge in [-0.1, -0.05) is 23.2 Å². The molecule has 0 radical (unpaired) electrons. The van der Waals surface area contributed by atoms with Crippen molar-refractivity contribution >= 4 is 46.3 Å². The Bertz CT molecular complexity index is 821. The lowest BCUT2D eigenvalue weighted by Gasteiger charge is -2.20. The fourth-order valence-corrected chi connectivity index (χ4v) is 3.09. The number of aliphatic hydroxyl groups is 1. The van der Waals surface area contributed by atoms with E-state index in [1.54, 1.807) is 24.3 Å². The highest BCUT2D eigenvalue weighted by Gasteiger charge is 2.47. The van der Waals surface area contributed by atoms with Crippen LogP contribution in [0.3, 0.4) is 0 Å². The maximum absolute atomic E-state index is 12.4. The zero-order valence-electron chi connectivity index (χ0n) is 11.8. The molecule has 0 unspecified atom stereocenters. The second kappa shape index (κ2) is 5.53. The van der Waals surface area contributed by atoms with Crippen LogP contribution < -0.4 is 11.1 Å². The van der Waals surface area contributed by atoms with Gasteiger partial charge < -0.3 is 16.2 Å². The molecule has 0 spiro atoms. The predicted molar refractivity (Wildman–Crippen MR) is 88.8 cm³/mol. The van der Waals surface area contributed by atoms with Gasteiger partial charge in [0.05, 0.1) is 17.1 Å². The van der Waals surface area contributed by atoms with Crippen LogP contribution in [0.1, 0.15) is 22.3 Å². The van der Waals surface area contributed by atoms with Crippen LogP contribution >= 0.6 is 23.2 Å². The lowest BCUT2D eigenvalue weighted by Crippen LogP contribution is -2.36. The summed E-state index contributed by atoms with van der Waals surface area (Å²) in [5.41, 5.74) is 4.90. The molecule has 1 aliphatic heterocycles. The average molecular weight is 351 g/mol. The molecule has 23 heavy (non-hydrogen) atoms. The minimum atomic E-state index is -2.01. The molecule has 1 amide bonds. The molecule has 0 bridgehead atoms. The van der Waals surface area contributed by atoms with E-state index >= 15 is 0 Å². The van der Waals surface area contributed by atoms with Crippen LogP contribution in [0, 0.1) is 0 Å². The fourth-order valence-electron chi connectivity index (χ4n) is 2.55. The quantitative estimate of drug-likeness (QED) is 0.586. The Labute approximate surface area is 142 Å². The number of nitrogens with one attached hydrogen (secondary N) is 1. The van der Waals surface area contributed by atoms with Gasteiger partial charge in [0.25, 0.3) is 5.91 Å². The van der Waals surface area contributed by atoms with Gasteiger partial charge >= 0.3 is 0 Å². The van der Waals surface area contributed by atoms with Crippen molar-refractivity contribution in [3.63, 3.8) is 0 Å². The van der Waals surface area contributed by atoms with E-state index in [1.807, 2.05) is 0 Å². The van der Waals surface area contributed by atoms with Gasteiger partial charge in [-0.2, -0.15) is 0 Å². The molecule has 0 saturated heterocycles. The number of ketones is 1. The van der Waals surface area contributed by atoms with Crippen molar-refractivity contribution in [2.75, 3.05) is 11.1 Å². The van der Waals surface area contributed by atoms with E-state index in [0.29, 0.717) is 11.3 Å². The van der Waals surface area contributed by atoms with E-state index in [9.17, 15) is 14.7 Å². The second-order valence-electron chi connectivity index (χ2n) is 5.35. The maximum atomic E-state index is 12.4. The number of hydrogen-bond acceptors (Lipinski definition) is 4. The molecule has 7 heteroatoms. The highest BCUT2D eigenvalue weighted by Crippen LogP contribution is 2.44. The van der Waals surface area contributed by atoms with Crippen molar-refractivity contribution in [1.29, 1.82) is 0 Å². The minimum Gasteiger partial charge on any atom is -0.399 e. The summed E-state index contributed by atoms with van der Waals surface area (Å²) in [5.74, 6) is -1.10. The molecule has 3 rings (SSSR count). The number of fused-ring (bicyclic) bond motifs is 1. The number of benzene rings is 2. The number of nitrogen functional groups attached to an aromatic ring is 1. The van der Waals surface area contributed by atoms with Crippen LogP contribution in [-0.2, 0) is 10.4 Å². The summed E-state index contributed by atoms with van der Waals surface area (Å²) in [6, 6.07) is 9.12. The Morgan fingerprint density at radius 1 is 1.22 bits per heavy atom. The van der Waals surface area contributed by atoms with Gasteiger partial charge in [-0.3, -0.25) is 9.59 Å². The van der Waals surface area contributed by atoms with Gasteiger partial charge in [-0.25, -0.2) is 0 Å². The standard InChI is InChI=1S/C16H12Cl2N2O3/c17-9-5-11-14(12(18)6-9)20-15(22)16(11,23)7-13(21)8-1-3-10(19)4-2-8/h1-6,23H,7,19H2,(H,20,22)/t16-/m1/s1. The van der Waals surface area contributed by atoms with E-state index in [4.69, 9.17) is 28.9 Å². The van der Waals surface area contributed by atoms with Crippen molar-refractivity contribution in [3.05, 3.63) is 57.6 Å². The van der Waals surface area contributed by atoms with Crippen molar-refractivity contribution in [2.24, 2.45) is 0 Å². The molecular weight excluding hydrogens is 339 g/mol. The summed E-state index contributed by atoms with van der Waals surface area (Å²) >= 11 is 12.0. The molecule has 1 atom stereocenters. The summed E-state index contributed by atoms with van der Waals surface area (Å²) in [4.78, 5) is 24.6. The molecule has 0 fully saturated rings. The first-order valence-corrected chi connectivity index (χ1v) is 7.49. The van der Waals surface area contributed by atoms with E-state index in [2.05, 4.69) is 5.32 Å². The van der Waals surface area contributed by atoms with Gasteiger partial charge in [0.15, 0.2) is 11.4 Å². The number of halogens is 2. The first-order valence-electron chi connectivity index (χ1n) is 6.73. The second-order valence-corrected chi connectivity index (χ2v) is 6.19. The zero-order chi connectivity index (χ0) is 16.8. The van der Waals surface area contributed by atoms with Crippen molar-refractivity contribution < 1.29 is 14.7 Å². The molecule has 5 nitrogen and oxygen atoms in total. The molecule has 0 saturated carbocycles. The Hall–Kier alpha value is -2.08. The number of carbonyl (C=O) groups is 2. The van der Waals surface area contributed by atoms with Crippen LogP contribution in [0.5, 0.6) is 0 Å². The lowest BCUT2D eigenvalue weighted by molar-refractivity contribution is -0.133. The van der Waals surface area contributed by atoms with Crippen molar-refractivity contribution in [2.45, 2.75) is 12.0 Å². The number of rotatable bonds is 3. The number of amides is 1. The van der Waals surface area contributed by atoms with Crippen LogP contribution in [0.4, 0.5) is 11.4 Å². The molecule has 0 aliphatic carbocycles. The molecule has 118 valence electrons. The number of hydrogen-bond donors (Lipinski definition) is 3. The van der Waals surface area contributed by atoms with E-state index in [1.165, 1.54) is 12.1 Å². The van der Waals surface area contributed by atoms with Crippen LogP contribution in [-0.4, -0.2) is 16.8 Å². The van der Waals surface area contributed by atoms with Crippen LogP contribution in [0.2, 0.25) is 10.0 Å². The number of carbonyl (C=O) groups excluding carboxylic acids is 2. The molecule has 4 N–H and O–H groups in total. The van der Waals surface area contributed by atoms with Gasteiger partial charge in [-0.15, -0.1) is 0 Å². The highest BCUT2D eigenvalue weighted by atomic mass is 35.5. The third kappa shape index (κ3) is 2.67. The first-order chi connectivity index (χ1) is 10.8. The molecule has 2 aromatic carbocycles. The summed E-state index contributed by atoms with van der Waals surface area (Å²) < 4.78 is 0. The summed E-state index contributed by atoms with van der Waals surface area (Å²) in [7, 11) is 0. The third-order valence-corrected chi connectivity index (χ3v) is 4.28. The Morgan fingerprint density at radius 2 is 1.87 bits per heavy atom. The molecular formula is C16H12Cl2N2O3. The van der Waals surface area contributed by atoms with Gasteiger partial charge in [0.1, 0.15) is 0 Å². The molecule has 1 aliphatic rings. The lowest BCUT2D eigenvalue weighted by atomic mass is 9.88. The zero-order valence-corrected chi connectivity index (χ0v) is 13.3. The number of anilines is 2. The predicted octanol–water partition coefficient (Wildman–Crippen LogP) is 2.99. The number of Topliss-reactive ketones (excluding diaryl/α,β-unsaturated/α-hetero) is 1. The summed E-state index contributed by atoms with van der Waals surface area (Å²) in [5, 5.41) is 13.7. The van der Waals surface area contributed by atoms with Gasteiger partial charge in [0.2, 0.25) is 0 Å². The topological polar surface area (TPSA) is 92.4 Å². The Kier molecular flexibility index (Phi) is 3.80. The minimum absolute atomic E-state index is 0.198. The Morgan fingerprint density at radius 3 is 2.52 bits per heavy atom. The van der Waals surface area contributed by atoms with Crippen molar-refractivity contribution in [3.8, 4) is 0 Å². The highest BCUT2D eigenvalue weighted by molar-refractivity contribution is 6.37. The van der Waals surface area contributed by atoms with Gasteiger partial charge in [-0.05, 0) is 36.4 Å². The summed E-state index contributed by atoms with van der Waals surface area (Å²) in [6.45, 7) is 0. The monoisotopic (exact) mass is 350 g/mol. The van der Waals surface area contributed by atoms with Crippen LogP contribution in [0.15, 0.2) is 36.4 Å². The number of nitrogens with two attached hydrogens (primary N) is 1. The van der Waals surface area contributed by atoms with Crippen molar-refractivity contribution in [1.82, 2.24) is 0 Å². The smallest absolute Gasteiger partial charge is 0.261 e. The van der Waals surface area contributed by atoms with E-state index in [-0.39, 0.29) is 21.3 Å². The summed E-state index contributed by atoms with van der Waals surface area (Å²) in [6.07, 6.45) is -0.424. The molecule has 2 aromatic rings. The van der Waals surface area contributed by atoms with E-state index < -0.39 is 23.7 Å². The first kappa shape index (κ1) is 15.8. The SMILES string of the molecule is Nc1ccc(C(=O)C[C@]2(O)C(=O)Nc3c(Cl)cc(Cl)cc32)cc1. The Balaban J connectivity index is 1.98. The van der Waals surface area contributed by atoms with Gasteiger partial charge in [0, 0.05) is 21.8 Å². The average Bonchev–Trinajstić information content (AvgIpc) is 2.73. The largest absolute Gasteiger partial charge is 0.399 e. The molecule has 1 heterocycles. The third-order valence-electron chi connectivity index (χ3n) is 3.76. The maximum Gasteiger partial charge on any atom is 0.261 e. The van der Waals surface area contributed by atoms with E-state index in [0.717, 1.165) is 0 Å². The fraction of sp³-hybridized carbons (Fsp3) is 0.125. The van der Waals surface area contributed by atoms with Crippen LogP contribution in [0.25, 0.3) is 0 Å². The molecule has 0 aromatic heterocycles.